The van der Waals surface area contributed by atoms with Gasteiger partial charge in [0.1, 0.15) is 5.82 Å². The summed E-state index contributed by atoms with van der Waals surface area (Å²) in [5.74, 6) is 0.925. The van der Waals surface area contributed by atoms with Crippen LogP contribution in [0.5, 0.6) is 0 Å². The van der Waals surface area contributed by atoms with Crippen molar-refractivity contribution in [3.05, 3.63) is 229 Å². The maximum absolute atomic E-state index is 5.84. The van der Waals surface area contributed by atoms with E-state index in [0.717, 1.165) is 75.9 Å². The predicted octanol–water partition coefficient (Wildman–Crippen LogP) is 15.3. The molecule has 4 heteroatoms. The molecule has 0 atom stereocenters. The lowest BCUT2D eigenvalue weighted by atomic mass is 9.97. The lowest BCUT2D eigenvalue weighted by Crippen LogP contribution is -2.12. The molecule has 2 aliphatic rings. The second-order valence-corrected chi connectivity index (χ2v) is 17.0. The molecule has 0 bridgehead atoms. The molecule has 2 aliphatic heterocycles. The minimum Gasteiger partial charge on any atom is -0.310 e. The monoisotopic (exact) mass is 806 g/mol. The maximum Gasteiger partial charge on any atom is 0.146 e. The van der Waals surface area contributed by atoms with Gasteiger partial charge in [-0.25, -0.2) is 4.98 Å². The van der Waals surface area contributed by atoms with Gasteiger partial charge in [0.15, 0.2) is 0 Å². The molecule has 3 heterocycles. The largest absolute Gasteiger partial charge is 0.310 e. The molecule has 0 unspecified atom stereocenters. The van der Waals surface area contributed by atoms with Gasteiger partial charge in [0, 0.05) is 56.1 Å². The summed E-state index contributed by atoms with van der Waals surface area (Å²) < 4.78 is 2.43. The number of fused-ring (bicyclic) bond motifs is 11. The number of imidazole rings is 1. The molecule has 0 aliphatic carbocycles. The number of rotatable bonds is 4. The fraction of sp³-hybridized carbons (Fsp3) is 0.0678. The van der Waals surface area contributed by atoms with E-state index in [1.165, 1.54) is 66.5 Å². The fourth-order valence-corrected chi connectivity index (χ4v) is 10.6. The van der Waals surface area contributed by atoms with Crippen LogP contribution in [0.3, 0.4) is 0 Å². The van der Waals surface area contributed by atoms with E-state index in [9.17, 15) is 0 Å². The van der Waals surface area contributed by atoms with Crippen LogP contribution in [0.4, 0.5) is 34.1 Å². The molecule has 4 nitrogen and oxygen atoms in total. The number of para-hydroxylation sites is 5. The lowest BCUT2D eigenvalue weighted by Gasteiger charge is -2.28. The van der Waals surface area contributed by atoms with Crippen molar-refractivity contribution in [2.24, 2.45) is 0 Å². The van der Waals surface area contributed by atoms with Gasteiger partial charge < -0.3 is 9.80 Å². The van der Waals surface area contributed by atoms with Gasteiger partial charge in [-0.15, -0.1) is 0 Å². The minimum atomic E-state index is 0.925. The normalized spacial score (nSPS) is 13.4. The van der Waals surface area contributed by atoms with Crippen LogP contribution in [-0.4, -0.2) is 9.55 Å². The molecule has 0 N–H and O–H groups in total. The highest BCUT2D eigenvalue weighted by molar-refractivity contribution is 6.25. The SMILES string of the molecule is c1ccc(-n2c(-c3cccc4ccccc34)nc3c4cc(N5c6ccccc6CCc6ccccc65)ccc4c4ccc(N5c6ccccc6CCc6ccccc65)cc4c32)cc1. The quantitative estimate of drug-likeness (QED) is 0.166. The van der Waals surface area contributed by atoms with E-state index < -0.39 is 0 Å². The zero-order chi connectivity index (χ0) is 41.4. The Morgan fingerprint density at radius 1 is 0.333 bits per heavy atom. The first kappa shape index (κ1) is 35.8. The van der Waals surface area contributed by atoms with E-state index in [2.05, 4.69) is 221 Å². The smallest absolute Gasteiger partial charge is 0.146 e. The highest BCUT2D eigenvalue weighted by Crippen LogP contribution is 2.48. The van der Waals surface area contributed by atoms with Crippen LogP contribution >= 0.6 is 0 Å². The second kappa shape index (κ2) is 14.3. The van der Waals surface area contributed by atoms with Crippen molar-refractivity contribution in [3.8, 4) is 17.1 Å². The Labute approximate surface area is 366 Å². The average molecular weight is 807 g/mol. The summed E-state index contributed by atoms with van der Waals surface area (Å²) >= 11 is 0. The van der Waals surface area contributed by atoms with Crippen LogP contribution in [0.2, 0.25) is 0 Å². The van der Waals surface area contributed by atoms with Crippen LogP contribution in [0.25, 0.3) is 60.4 Å². The molecule has 0 saturated heterocycles. The molecule has 298 valence electrons. The van der Waals surface area contributed by atoms with Crippen molar-refractivity contribution in [3.63, 3.8) is 0 Å². The number of aryl methyl sites for hydroxylation is 4. The van der Waals surface area contributed by atoms with Gasteiger partial charge >= 0.3 is 0 Å². The van der Waals surface area contributed by atoms with E-state index in [1.54, 1.807) is 0 Å². The van der Waals surface area contributed by atoms with Crippen LogP contribution in [-0.2, 0) is 25.7 Å². The van der Waals surface area contributed by atoms with Gasteiger partial charge in [0.25, 0.3) is 0 Å². The Bertz CT molecular complexity index is 3500. The molecule has 11 aromatic rings. The van der Waals surface area contributed by atoms with Crippen molar-refractivity contribution in [2.45, 2.75) is 25.7 Å². The molecule has 13 rings (SSSR count). The van der Waals surface area contributed by atoms with Crippen molar-refractivity contribution in [1.29, 1.82) is 0 Å². The minimum absolute atomic E-state index is 0.925. The summed E-state index contributed by atoms with van der Waals surface area (Å²) in [5, 5.41) is 7.04. The maximum atomic E-state index is 5.84. The number of aromatic nitrogens is 2. The summed E-state index contributed by atoms with van der Waals surface area (Å²) in [4.78, 5) is 10.8. The van der Waals surface area contributed by atoms with E-state index in [1.807, 2.05) is 0 Å². The fourth-order valence-electron chi connectivity index (χ4n) is 10.6. The molecule has 0 radical (unpaired) electrons. The standard InChI is InChI=1S/C59H42N4/c1-2-21-44(22-3-1)63-58-52-38-46(62-55-27-12-7-18-42(55)31-32-43-19-8-13-28-56(43)62)34-36-49(52)48-35-33-45(61-53-25-10-5-16-40(53)29-30-41-17-6-11-26-54(41)61)37-51(48)57(58)60-59(63)50-24-14-20-39-15-4-9-23-47(39)50/h1-28,33-38H,29-32H2. The van der Waals surface area contributed by atoms with E-state index >= 15 is 0 Å². The Morgan fingerprint density at radius 3 is 1.37 bits per heavy atom. The topological polar surface area (TPSA) is 24.3 Å². The van der Waals surface area contributed by atoms with Gasteiger partial charge in [0.2, 0.25) is 0 Å². The van der Waals surface area contributed by atoms with Crippen LogP contribution in [0, 0.1) is 0 Å². The number of nitrogens with zero attached hydrogens (tertiary/aromatic N) is 4. The van der Waals surface area contributed by atoms with Gasteiger partial charge in [0.05, 0.1) is 11.0 Å². The van der Waals surface area contributed by atoms with Gasteiger partial charge in [-0.3, -0.25) is 4.57 Å². The predicted molar refractivity (Wildman–Crippen MR) is 263 cm³/mol. The molecule has 0 saturated carbocycles. The van der Waals surface area contributed by atoms with E-state index in [0.29, 0.717) is 0 Å². The second-order valence-electron chi connectivity index (χ2n) is 17.0. The summed E-state index contributed by atoms with van der Waals surface area (Å²) in [6, 6.07) is 76.0. The molecule has 0 spiro atoms. The number of anilines is 6. The van der Waals surface area contributed by atoms with E-state index in [4.69, 9.17) is 4.98 Å². The highest BCUT2D eigenvalue weighted by atomic mass is 15.2. The number of benzene rings is 10. The van der Waals surface area contributed by atoms with Crippen LogP contribution in [0.1, 0.15) is 22.3 Å². The first-order valence-corrected chi connectivity index (χ1v) is 22.1. The zero-order valence-electron chi connectivity index (χ0n) is 34.7. The summed E-state index contributed by atoms with van der Waals surface area (Å²) in [6.07, 6.45) is 3.98. The third-order valence-electron chi connectivity index (χ3n) is 13.5. The first-order chi connectivity index (χ1) is 31.3. The molecule has 10 aromatic carbocycles. The average Bonchev–Trinajstić information content (AvgIpc) is 3.57. The summed E-state index contributed by atoms with van der Waals surface area (Å²) in [6.45, 7) is 0. The summed E-state index contributed by atoms with van der Waals surface area (Å²) in [5.41, 5.74) is 16.9. The first-order valence-electron chi connectivity index (χ1n) is 22.1. The molecular weight excluding hydrogens is 765 g/mol. The number of hydrogen-bond donors (Lipinski definition) is 0. The number of hydrogen-bond acceptors (Lipinski definition) is 3. The third-order valence-corrected chi connectivity index (χ3v) is 13.5. The Kier molecular flexibility index (Phi) is 8.13. The zero-order valence-corrected chi connectivity index (χ0v) is 34.7. The molecule has 63 heavy (non-hydrogen) atoms. The molecule has 0 amide bonds. The van der Waals surface area contributed by atoms with Crippen molar-refractivity contribution >= 4 is 77.5 Å². The molecule has 1 aromatic heterocycles. The van der Waals surface area contributed by atoms with Crippen molar-refractivity contribution in [2.75, 3.05) is 9.80 Å². The summed E-state index contributed by atoms with van der Waals surface area (Å²) in [7, 11) is 0. The molecule has 0 fully saturated rings. The van der Waals surface area contributed by atoms with E-state index in [-0.39, 0.29) is 0 Å². The third kappa shape index (κ3) is 5.65. The Hall–Kier alpha value is -7.95. The van der Waals surface area contributed by atoms with Gasteiger partial charge in [-0.2, -0.15) is 0 Å². The van der Waals surface area contributed by atoms with Crippen molar-refractivity contribution in [1.82, 2.24) is 9.55 Å². The van der Waals surface area contributed by atoms with Crippen LogP contribution < -0.4 is 9.80 Å². The highest BCUT2D eigenvalue weighted by Gasteiger charge is 2.27. The molecular formula is C59H42N4. The van der Waals surface area contributed by atoms with Gasteiger partial charge in [-0.05, 0) is 130 Å². The Morgan fingerprint density at radius 2 is 0.794 bits per heavy atom. The Balaban J connectivity index is 1.16. The van der Waals surface area contributed by atoms with Gasteiger partial charge in [-0.1, -0.05) is 146 Å². The van der Waals surface area contributed by atoms with Crippen molar-refractivity contribution < 1.29 is 0 Å². The van der Waals surface area contributed by atoms with Crippen LogP contribution in [0.15, 0.2) is 206 Å². The lowest BCUT2D eigenvalue weighted by molar-refractivity contribution is 0.977.